The molecule has 0 radical (unpaired) electrons. The first kappa shape index (κ1) is 8.51. The fourth-order valence-corrected chi connectivity index (χ4v) is 1.67. The van der Waals surface area contributed by atoms with Crippen molar-refractivity contribution in [3.63, 3.8) is 0 Å². The van der Waals surface area contributed by atoms with E-state index in [2.05, 4.69) is 27.6 Å². The largest absolute Gasteiger partial charge is 0.334 e. The molecule has 70 valence electrons. The average molecular weight is 177 g/mol. The summed E-state index contributed by atoms with van der Waals surface area (Å²) in [4.78, 5) is 6.44. The number of imidazole rings is 1. The lowest BCUT2D eigenvalue weighted by molar-refractivity contribution is 0.369. The third-order valence-corrected chi connectivity index (χ3v) is 2.56. The first-order valence-electron chi connectivity index (χ1n) is 4.61. The van der Waals surface area contributed by atoms with Crippen molar-refractivity contribution in [1.82, 2.24) is 14.5 Å². The van der Waals surface area contributed by atoms with Crippen LogP contribution in [0.5, 0.6) is 0 Å². The summed E-state index contributed by atoms with van der Waals surface area (Å²) in [7, 11) is 4.19. The van der Waals surface area contributed by atoms with E-state index in [4.69, 9.17) is 0 Å². The van der Waals surface area contributed by atoms with Crippen LogP contribution in [0.4, 0.5) is 0 Å². The Morgan fingerprint density at radius 2 is 2.23 bits per heavy atom. The Labute approximate surface area is 78.7 Å². The third kappa shape index (κ3) is 1.65. The molecule has 0 fully saturated rings. The van der Waals surface area contributed by atoms with Gasteiger partial charge < -0.3 is 9.47 Å². The normalized spacial score (nSPS) is 18.8. The van der Waals surface area contributed by atoms with Crippen LogP contribution >= 0.6 is 0 Å². The number of aryl methyl sites for hydroxylation is 1. The Kier molecular flexibility index (Phi) is 2.19. The Balaban J connectivity index is 2.23. The topological polar surface area (TPSA) is 21.1 Å². The van der Waals surface area contributed by atoms with Crippen LogP contribution in [0, 0.1) is 0 Å². The van der Waals surface area contributed by atoms with Crippen LogP contribution < -0.4 is 0 Å². The molecule has 0 spiro atoms. The molecule has 1 aromatic heterocycles. The predicted octanol–water partition coefficient (Wildman–Crippen LogP) is 1.14. The van der Waals surface area contributed by atoms with E-state index in [1.807, 2.05) is 19.6 Å². The van der Waals surface area contributed by atoms with Crippen LogP contribution in [0.25, 0.3) is 5.57 Å². The minimum atomic E-state index is 1.06. The number of hydrogen-bond donors (Lipinski definition) is 0. The first-order valence-corrected chi connectivity index (χ1v) is 4.61. The van der Waals surface area contributed by atoms with Gasteiger partial charge in [0.15, 0.2) is 0 Å². The van der Waals surface area contributed by atoms with E-state index in [1.54, 1.807) is 0 Å². The minimum Gasteiger partial charge on any atom is -0.334 e. The minimum absolute atomic E-state index is 1.06. The summed E-state index contributed by atoms with van der Waals surface area (Å²) in [5.41, 5.74) is 2.69. The van der Waals surface area contributed by atoms with E-state index in [9.17, 15) is 0 Å². The van der Waals surface area contributed by atoms with Crippen molar-refractivity contribution in [1.29, 1.82) is 0 Å². The van der Waals surface area contributed by atoms with Gasteiger partial charge in [-0.2, -0.15) is 0 Å². The van der Waals surface area contributed by atoms with Gasteiger partial charge in [-0.25, -0.2) is 4.98 Å². The number of nitrogens with zero attached hydrogens (tertiary/aromatic N) is 3. The number of aromatic nitrogens is 2. The smallest absolute Gasteiger partial charge is 0.0948 e. The number of hydrogen-bond acceptors (Lipinski definition) is 2. The molecule has 2 heterocycles. The second-order valence-electron chi connectivity index (χ2n) is 3.63. The molecule has 1 aromatic rings. The van der Waals surface area contributed by atoms with Crippen molar-refractivity contribution < 1.29 is 0 Å². The van der Waals surface area contributed by atoms with Gasteiger partial charge in [-0.3, -0.25) is 0 Å². The highest BCUT2D eigenvalue weighted by Crippen LogP contribution is 2.20. The van der Waals surface area contributed by atoms with Gasteiger partial charge in [0.25, 0.3) is 0 Å². The van der Waals surface area contributed by atoms with Crippen LogP contribution in [-0.2, 0) is 7.05 Å². The maximum Gasteiger partial charge on any atom is 0.0948 e. The Morgan fingerprint density at radius 3 is 2.77 bits per heavy atom. The van der Waals surface area contributed by atoms with Gasteiger partial charge in [-0.05, 0) is 19.0 Å². The molecule has 3 nitrogen and oxygen atoms in total. The molecule has 1 aliphatic heterocycles. The zero-order chi connectivity index (χ0) is 9.26. The molecule has 3 heteroatoms. The van der Waals surface area contributed by atoms with E-state index < -0.39 is 0 Å². The molecule has 0 atom stereocenters. The van der Waals surface area contributed by atoms with Gasteiger partial charge in [-0.15, -0.1) is 0 Å². The van der Waals surface area contributed by atoms with E-state index in [0.717, 1.165) is 19.5 Å². The van der Waals surface area contributed by atoms with Gasteiger partial charge in [-0.1, -0.05) is 6.08 Å². The van der Waals surface area contributed by atoms with Crippen LogP contribution in [0.2, 0.25) is 0 Å². The first-order chi connectivity index (χ1) is 6.27. The average Bonchev–Trinajstić information content (AvgIpc) is 2.53. The summed E-state index contributed by atoms with van der Waals surface area (Å²) in [6.45, 7) is 2.21. The molecule has 0 saturated carbocycles. The second kappa shape index (κ2) is 3.34. The van der Waals surface area contributed by atoms with Crippen molar-refractivity contribution in [2.45, 2.75) is 6.42 Å². The van der Waals surface area contributed by atoms with E-state index >= 15 is 0 Å². The lowest BCUT2D eigenvalue weighted by Gasteiger charge is -2.21. The molecule has 0 aromatic carbocycles. The Bertz CT molecular complexity index is 325. The maximum atomic E-state index is 4.12. The van der Waals surface area contributed by atoms with E-state index in [0.29, 0.717) is 0 Å². The fraction of sp³-hybridized carbons (Fsp3) is 0.500. The standard InChI is InChI=1S/C10H15N3/c1-12-5-3-9(4-6-12)10-7-11-8-13(10)2/h3,7-8H,4-6H2,1-2H3. The van der Waals surface area contributed by atoms with Gasteiger partial charge in [0, 0.05) is 20.1 Å². The van der Waals surface area contributed by atoms with Crippen LogP contribution in [0.15, 0.2) is 18.6 Å². The van der Waals surface area contributed by atoms with Crippen molar-refractivity contribution >= 4 is 5.57 Å². The Hall–Kier alpha value is -1.09. The second-order valence-corrected chi connectivity index (χ2v) is 3.63. The fourth-order valence-electron chi connectivity index (χ4n) is 1.67. The molecule has 0 aliphatic carbocycles. The third-order valence-electron chi connectivity index (χ3n) is 2.56. The quantitative estimate of drug-likeness (QED) is 0.641. The molecule has 1 aliphatic rings. The highest BCUT2D eigenvalue weighted by Gasteiger charge is 2.11. The van der Waals surface area contributed by atoms with Crippen LogP contribution in [0.3, 0.4) is 0 Å². The Morgan fingerprint density at radius 1 is 1.38 bits per heavy atom. The van der Waals surface area contributed by atoms with E-state index in [-0.39, 0.29) is 0 Å². The van der Waals surface area contributed by atoms with Gasteiger partial charge in [0.05, 0.1) is 18.2 Å². The van der Waals surface area contributed by atoms with Gasteiger partial charge in [0.2, 0.25) is 0 Å². The number of likely N-dealkylation sites (N-methyl/N-ethyl adjacent to an activating group) is 1. The zero-order valence-corrected chi connectivity index (χ0v) is 8.20. The molecular weight excluding hydrogens is 162 g/mol. The highest BCUT2D eigenvalue weighted by molar-refractivity contribution is 5.63. The van der Waals surface area contributed by atoms with Crippen molar-refractivity contribution in [3.8, 4) is 0 Å². The van der Waals surface area contributed by atoms with Crippen LogP contribution in [0.1, 0.15) is 12.1 Å². The highest BCUT2D eigenvalue weighted by atomic mass is 15.1. The summed E-state index contributed by atoms with van der Waals surface area (Å²) >= 11 is 0. The molecule has 0 saturated heterocycles. The van der Waals surface area contributed by atoms with Gasteiger partial charge >= 0.3 is 0 Å². The SMILES string of the molecule is CN1CC=C(c2cncn2C)CC1. The lowest BCUT2D eigenvalue weighted by Crippen LogP contribution is -2.24. The molecule has 0 N–H and O–H groups in total. The summed E-state index contributed by atoms with van der Waals surface area (Å²) in [6.07, 6.45) is 7.22. The molecular formula is C10H15N3. The summed E-state index contributed by atoms with van der Waals surface area (Å²) < 4.78 is 2.08. The van der Waals surface area contributed by atoms with Crippen molar-refractivity contribution in [3.05, 3.63) is 24.3 Å². The van der Waals surface area contributed by atoms with Gasteiger partial charge in [0.1, 0.15) is 0 Å². The summed E-state index contributed by atoms with van der Waals surface area (Å²) in [5, 5.41) is 0. The molecule has 0 bridgehead atoms. The maximum absolute atomic E-state index is 4.12. The molecule has 0 amide bonds. The van der Waals surface area contributed by atoms with Crippen molar-refractivity contribution in [2.75, 3.05) is 20.1 Å². The monoisotopic (exact) mass is 177 g/mol. The molecule has 13 heavy (non-hydrogen) atoms. The van der Waals surface area contributed by atoms with E-state index in [1.165, 1.54) is 11.3 Å². The summed E-state index contributed by atoms with van der Waals surface area (Å²) in [5.74, 6) is 0. The lowest BCUT2D eigenvalue weighted by atomic mass is 10.1. The molecule has 0 unspecified atom stereocenters. The summed E-state index contributed by atoms with van der Waals surface area (Å²) in [6, 6.07) is 0. The molecule has 2 rings (SSSR count). The van der Waals surface area contributed by atoms with Crippen molar-refractivity contribution in [2.24, 2.45) is 7.05 Å². The predicted molar refractivity (Wildman–Crippen MR) is 53.3 cm³/mol. The number of rotatable bonds is 1. The van der Waals surface area contributed by atoms with Crippen LogP contribution in [-0.4, -0.2) is 34.6 Å². The zero-order valence-electron chi connectivity index (χ0n) is 8.20.